The number of phenolic OH excluding ortho intramolecular Hbond substituents is 4. The van der Waals surface area contributed by atoms with Crippen LogP contribution in [0.5, 0.6) is 23.0 Å². The lowest BCUT2D eigenvalue weighted by Crippen LogP contribution is -2.22. The fourth-order valence-electron chi connectivity index (χ4n) is 4.16. The van der Waals surface area contributed by atoms with Gasteiger partial charge in [-0.2, -0.15) is 0 Å². The normalized spacial score (nSPS) is 12.6. The second-order valence-electron chi connectivity index (χ2n) is 7.23. The molecule has 0 aromatic heterocycles. The lowest BCUT2D eigenvalue weighted by molar-refractivity contribution is 0.0601. The van der Waals surface area contributed by atoms with Gasteiger partial charge in [-0.1, -0.05) is 25.5 Å². The third-order valence-corrected chi connectivity index (χ3v) is 5.46. The smallest absolute Gasteiger partial charge is 0.338 e. The molecular formula is C23H18O8. The number of fused-ring (bicyclic) bond motifs is 3. The number of methoxy groups -OCH3 is 1. The molecule has 0 atom stereocenters. The Labute approximate surface area is 175 Å². The van der Waals surface area contributed by atoms with E-state index >= 15 is 0 Å². The average Bonchev–Trinajstić information content (AvgIpc) is 2.73. The zero-order valence-electron chi connectivity index (χ0n) is 16.6. The summed E-state index contributed by atoms with van der Waals surface area (Å²) in [5.74, 6) is -5.00. The maximum absolute atomic E-state index is 13.2. The average molecular weight is 422 g/mol. The molecule has 8 heteroatoms. The van der Waals surface area contributed by atoms with Gasteiger partial charge in [0.2, 0.25) is 5.78 Å². The molecule has 4 N–H and O–H groups in total. The fourth-order valence-corrected chi connectivity index (χ4v) is 4.16. The first-order chi connectivity index (χ1) is 14.7. The van der Waals surface area contributed by atoms with Crippen LogP contribution in [-0.2, 0) is 11.2 Å². The first-order valence-corrected chi connectivity index (χ1v) is 9.50. The summed E-state index contributed by atoms with van der Waals surface area (Å²) < 4.78 is 4.83. The fraction of sp³-hybridized carbons (Fsp3) is 0.174. The molecule has 3 aromatic carbocycles. The van der Waals surface area contributed by atoms with E-state index in [1.54, 1.807) is 0 Å². The Morgan fingerprint density at radius 1 is 0.903 bits per heavy atom. The Bertz CT molecular complexity index is 1320. The van der Waals surface area contributed by atoms with Crippen molar-refractivity contribution in [1.29, 1.82) is 0 Å². The molecule has 0 saturated heterocycles. The van der Waals surface area contributed by atoms with E-state index in [2.05, 4.69) is 0 Å². The predicted octanol–water partition coefficient (Wildman–Crippen LogP) is 3.18. The van der Waals surface area contributed by atoms with Gasteiger partial charge in [0.05, 0.1) is 34.7 Å². The van der Waals surface area contributed by atoms with Gasteiger partial charge in [0.25, 0.3) is 0 Å². The number of aromatic hydroxyl groups is 4. The van der Waals surface area contributed by atoms with E-state index in [0.717, 1.165) is 7.11 Å². The third kappa shape index (κ3) is 2.64. The van der Waals surface area contributed by atoms with Gasteiger partial charge in [-0.05, 0) is 24.1 Å². The van der Waals surface area contributed by atoms with Gasteiger partial charge in [-0.3, -0.25) is 9.59 Å². The molecule has 0 fully saturated rings. The third-order valence-electron chi connectivity index (χ3n) is 5.46. The number of esters is 1. The first kappa shape index (κ1) is 20.2. The Morgan fingerprint density at radius 2 is 1.55 bits per heavy atom. The van der Waals surface area contributed by atoms with Crippen molar-refractivity contribution in [1.82, 2.24) is 0 Å². The van der Waals surface area contributed by atoms with Crippen molar-refractivity contribution >= 4 is 28.3 Å². The molecule has 0 spiro atoms. The van der Waals surface area contributed by atoms with Crippen molar-refractivity contribution in [3.63, 3.8) is 0 Å². The van der Waals surface area contributed by atoms with Crippen LogP contribution >= 0.6 is 0 Å². The van der Waals surface area contributed by atoms with Crippen LogP contribution in [0.4, 0.5) is 0 Å². The van der Waals surface area contributed by atoms with Gasteiger partial charge < -0.3 is 25.2 Å². The number of benzene rings is 3. The summed E-state index contributed by atoms with van der Waals surface area (Å²) in [5.41, 5.74) is -1.30. The molecular weight excluding hydrogens is 404 g/mol. The van der Waals surface area contributed by atoms with E-state index in [-0.39, 0.29) is 27.5 Å². The first-order valence-electron chi connectivity index (χ1n) is 9.50. The van der Waals surface area contributed by atoms with E-state index in [4.69, 9.17) is 4.74 Å². The monoisotopic (exact) mass is 422 g/mol. The van der Waals surface area contributed by atoms with Crippen molar-refractivity contribution in [2.75, 3.05) is 7.11 Å². The van der Waals surface area contributed by atoms with Crippen LogP contribution in [0.15, 0.2) is 24.3 Å². The summed E-state index contributed by atoms with van der Waals surface area (Å²) in [6, 6.07) is 5.15. The van der Waals surface area contributed by atoms with Gasteiger partial charge in [-0.15, -0.1) is 0 Å². The molecule has 0 aliphatic heterocycles. The van der Waals surface area contributed by atoms with Gasteiger partial charge >= 0.3 is 5.97 Å². The molecule has 0 radical (unpaired) electrons. The predicted molar refractivity (Wildman–Crippen MR) is 109 cm³/mol. The minimum atomic E-state index is -0.894. The lowest BCUT2D eigenvalue weighted by atomic mass is 9.79. The van der Waals surface area contributed by atoms with Crippen LogP contribution in [-0.4, -0.2) is 45.1 Å². The molecule has 0 unspecified atom stereocenters. The SMILES string of the molecule is CCCc1cc(O)c2c(O)c3c(c(O)c2c1C(=O)OC)C(=O)c1cccc(O)c1C3=O. The van der Waals surface area contributed by atoms with E-state index in [0.29, 0.717) is 18.4 Å². The Kier molecular flexibility index (Phi) is 4.57. The molecule has 0 heterocycles. The van der Waals surface area contributed by atoms with Crippen LogP contribution < -0.4 is 0 Å². The topological polar surface area (TPSA) is 141 Å². The van der Waals surface area contributed by atoms with Gasteiger partial charge in [0.1, 0.15) is 23.0 Å². The van der Waals surface area contributed by atoms with Crippen LogP contribution in [0.1, 0.15) is 61.1 Å². The Hall–Kier alpha value is -4.07. The van der Waals surface area contributed by atoms with Crippen LogP contribution in [0, 0.1) is 0 Å². The Balaban J connectivity index is 2.22. The summed E-state index contributed by atoms with van der Waals surface area (Å²) in [5, 5.41) is 42.1. The standard InChI is InChI=1S/C23H18O8/c1-3-5-9-8-12(25)15-16(13(9)23(30)31-2)22(29)17-18(21(15)28)20(27)14-10(19(17)26)6-4-7-11(14)24/h4,6-8,24-25,28-29H,3,5H2,1-2H3. The van der Waals surface area contributed by atoms with Crippen LogP contribution in [0.3, 0.4) is 0 Å². The van der Waals surface area contributed by atoms with Crippen LogP contribution in [0.25, 0.3) is 10.8 Å². The highest BCUT2D eigenvalue weighted by Crippen LogP contribution is 2.50. The second kappa shape index (κ2) is 7.02. The zero-order valence-corrected chi connectivity index (χ0v) is 16.6. The number of ether oxygens (including phenoxy) is 1. The van der Waals surface area contributed by atoms with Crippen molar-refractivity contribution in [3.8, 4) is 23.0 Å². The van der Waals surface area contributed by atoms with E-state index in [9.17, 15) is 34.8 Å². The maximum Gasteiger partial charge on any atom is 0.338 e. The molecule has 4 rings (SSSR count). The molecule has 1 aliphatic rings. The summed E-state index contributed by atoms with van der Waals surface area (Å²) in [6.07, 6.45) is 0.936. The molecule has 8 nitrogen and oxygen atoms in total. The van der Waals surface area contributed by atoms with Crippen molar-refractivity contribution < 1.29 is 39.5 Å². The molecule has 0 bridgehead atoms. The number of aryl methyl sites for hydroxylation is 1. The molecule has 0 amide bonds. The van der Waals surface area contributed by atoms with E-state index in [1.807, 2.05) is 6.92 Å². The molecule has 158 valence electrons. The molecule has 3 aromatic rings. The quantitative estimate of drug-likeness (QED) is 0.291. The molecule has 31 heavy (non-hydrogen) atoms. The highest BCUT2D eigenvalue weighted by molar-refractivity contribution is 6.34. The lowest BCUT2D eigenvalue weighted by Gasteiger charge is -2.23. The highest BCUT2D eigenvalue weighted by Gasteiger charge is 2.39. The molecule has 1 aliphatic carbocycles. The van der Waals surface area contributed by atoms with Crippen molar-refractivity contribution in [2.24, 2.45) is 0 Å². The summed E-state index contributed by atoms with van der Waals surface area (Å²) in [4.78, 5) is 38.8. The number of ketones is 2. The second-order valence-corrected chi connectivity index (χ2v) is 7.23. The van der Waals surface area contributed by atoms with E-state index < -0.39 is 51.7 Å². The summed E-state index contributed by atoms with van der Waals surface area (Å²) in [7, 11) is 1.14. The van der Waals surface area contributed by atoms with E-state index in [1.165, 1.54) is 24.3 Å². The van der Waals surface area contributed by atoms with Gasteiger partial charge in [-0.25, -0.2) is 4.79 Å². The molecule has 0 saturated carbocycles. The maximum atomic E-state index is 13.2. The summed E-state index contributed by atoms with van der Waals surface area (Å²) >= 11 is 0. The Morgan fingerprint density at radius 3 is 2.19 bits per heavy atom. The number of phenols is 4. The zero-order chi connectivity index (χ0) is 22.6. The van der Waals surface area contributed by atoms with Crippen LogP contribution in [0.2, 0.25) is 0 Å². The number of rotatable bonds is 3. The largest absolute Gasteiger partial charge is 0.507 e. The number of hydrogen-bond acceptors (Lipinski definition) is 8. The summed E-state index contributed by atoms with van der Waals surface area (Å²) in [6.45, 7) is 1.85. The van der Waals surface area contributed by atoms with Crippen molar-refractivity contribution in [3.05, 3.63) is 57.6 Å². The minimum absolute atomic E-state index is 0.116. The van der Waals surface area contributed by atoms with Crippen molar-refractivity contribution in [2.45, 2.75) is 19.8 Å². The number of carbonyl (C=O) groups is 3. The highest BCUT2D eigenvalue weighted by atomic mass is 16.5. The number of carbonyl (C=O) groups excluding carboxylic acids is 3. The minimum Gasteiger partial charge on any atom is -0.507 e. The van der Waals surface area contributed by atoms with Gasteiger partial charge in [0, 0.05) is 10.9 Å². The number of hydrogen-bond donors (Lipinski definition) is 4. The van der Waals surface area contributed by atoms with Gasteiger partial charge in [0.15, 0.2) is 5.78 Å².